The van der Waals surface area contributed by atoms with Gasteiger partial charge in [-0.15, -0.1) is 0 Å². The zero-order valence-electron chi connectivity index (χ0n) is 15.9. The lowest BCUT2D eigenvalue weighted by molar-refractivity contribution is -0.120. The van der Waals surface area contributed by atoms with Crippen LogP contribution in [0.25, 0.3) is 0 Å². The molecule has 138 valence electrons. The molecule has 0 aromatic heterocycles. The van der Waals surface area contributed by atoms with Gasteiger partial charge in [0.15, 0.2) is 11.5 Å². The summed E-state index contributed by atoms with van der Waals surface area (Å²) in [7, 11) is 5.26. The van der Waals surface area contributed by atoms with Crippen LogP contribution < -0.4 is 14.8 Å². The molecule has 5 heteroatoms. The number of fused-ring (bicyclic) bond motifs is 2. The van der Waals surface area contributed by atoms with E-state index in [0.29, 0.717) is 18.6 Å². The number of ketones is 1. The number of epoxide rings is 1. The largest absolute Gasteiger partial charge is 0.493 e. The molecule has 2 aliphatic rings. The molecule has 1 N–H and O–H groups in total. The van der Waals surface area contributed by atoms with Gasteiger partial charge in [0.1, 0.15) is 11.4 Å². The highest BCUT2D eigenvalue weighted by atomic mass is 16.6. The van der Waals surface area contributed by atoms with Crippen molar-refractivity contribution in [2.24, 2.45) is 0 Å². The van der Waals surface area contributed by atoms with Gasteiger partial charge in [-0.25, -0.2) is 0 Å². The van der Waals surface area contributed by atoms with Gasteiger partial charge in [-0.2, -0.15) is 0 Å². The minimum atomic E-state index is -0.402. The summed E-state index contributed by atoms with van der Waals surface area (Å²) in [6, 6.07) is 4.05. The van der Waals surface area contributed by atoms with Crippen LogP contribution in [0.4, 0.5) is 0 Å². The van der Waals surface area contributed by atoms with E-state index in [4.69, 9.17) is 14.2 Å². The number of methoxy groups -OCH3 is 2. The first-order valence-electron chi connectivity index (χ1n) is 9.05. The van der Waals surface area contributed by atoms with Crippen LogP contribution in [0.15, 0.2) is 12.1 Å². The Morgan fingerprint density at radius 1 is 1.36 bits per heavy atom. The Hall–Kier alpha value is -1.59. The molecule has 2 unspecified atom stereocenters. The van der Waals surface area contributed by atoms with Crippen LogP contribution in [0.1, 0.15) is 44.2 Å². The monoisotopic (exact) mass is 347 g/mol. The van der Waals surface area contributed by atoms with Crippen molar-refractivity contribution in [1.82, 2.24) is 5.32 Å². The first-order chi connectivity index (χ1) is 12.0. The Balaban J connectivity index is 2.23. The summed E-state index contributed by atoms with van der Waals surface area (Å²) < 4.78 is 17.5. The number of hydrogen-bond donors (Lipinski definition) is 1. The highest BCUT2D eigenvalue weighted by Crippen LogP contribution is 2.63. The van der Waals surface area contributed by atoms with Gasteiger partial charge in [-0.3, -0.25) is 4.79 Å². The summed E-state index contributed by atoms with van der Waals surface area (Å²) in [6.45, 7) is 4.88. The van der Waals surface area contributed by atoms with E-state index in [-0.39, 0.29) is 17.5 Å². The summed E-state index contributed by atoms with van der Waals surface area (Å²) >= 11 is 0. The second-order valence-electron chi connectivity index (χ2n) is 7.26. The highest BCUT2D eigenvalue weighted by molar-refractivity contribution is 5.81. The van der Waals surface area contributed by atoms with Crippen LogP contribution in [0.5, 0.6) is 11.5 Å². The Kier molecular flexibility index (Phi) is 4.82. The van der Waals surface area contributed by atoms with Gasteiger partial charge >= 0.3 is 0 Å². The molecular formula is C20H29NO4. The fraction of sp³-hybridized carbons (Fsp3) is 0.650. The van der Waals surface area contributed by atoms with Crippen molar-refractivity contribution in [3.8, 4) is 11.5 Å². The number of rotatable bonds is 8. The third-order valence-corrected chi connectivity index (χ3v) is 6.11. The van der Waals surface area contributed by atoms with E-state index < -0.39 is 5.41 Å². The maximum atomic E-state index is 12.6. The maximum absolute atomic E-state index is 12.6. The van der Waals surface area contributed by atoms with Gasteiger partial charge in [0, 0.05) is 30.2 Å². The lowest BCUT2D eigenvalue weighted by atomic mass is 9.59. The molecule has 5 nitrogen and oxygen atoms in total. The normalized spacial score (nSPS) is 29.6. The van der Waals surface area contributed by atoms with Crippen LogP contribution >= 0.6 is 0 Å². The maximum Gasteiger partial charge on any atom is 0.164 e. The van der Waals surface area contributed by atoms with Crippen LogP contribution in [0.2, 0.25) is 0 Å². The van der Waals surface area contributed by atoms with Gasteiger partial charge in [0.05, 0.1) is 20.3 Å². The second kappa shape index (κ2) is 6.61. The smallest absolute Gasteiger partial charge is 0.164 e. The van der Waals surface area contributed by atoms with E-state index in [1.807, 2.05) is 20.0 Å². The van der Waals surface area contributed by atoms with E-state index in [0.717, 1.165) is 30.7 Å². The van der Waals surface area contributed by atoms with Crippen LogP contribution in [0, 0.1) is 0 Å². The molecule has 1 heterocycles. The number of carbonyl (C=O) groups is 1. The van der Waals surface area contributed by atoms with Crippen molar-refractivity contribution < 1.29 is 19.0 Å². The first-order valence-corrected chi connectivity index (χ1v) is 9.05. The lowest BCUT2D eigenvalue weighted by Crippen LogP contribution is -2.49. The van der Waals surface area contributed by atoms with Gasteiger partial charge in [-0.05, 0) is 38.6 Å². The van der Waals surface area contributed by atoms with Gasteiger partial charge in [0.25, 0.3) is 0 Å². The summed E-state index contributed by atoms with van der Waals surface area (Å²) in [6.07, 6.45) is 2.84. The van der Waals surface area contributed by atoms with Crippen molar-refractivity contribution in [2.45, 2.75) is 56.7 Å². The lowest BCUT2D eigenvalue weighted by Gasteiger charge is -2.43. The SMILES string of the molecule is CCC(=O)C[C@]1(CCNC)c2c(ccc(OC)c2OC)CC2OC21C. The minimum Gasteiger partial charge on any atom is -0.493 e. The molecule has 1 aliphatic heterocycles. The number of nitrogens with one attached hydrogen (secondary N) is 1. The van der Waals surface area contributed by atoms with Crippen LogP contribution in [-0.4, -0.2) is 45.3 Å². The average Bonchev–Trinajstić information content (AvgIpc) is 3.30. The van der Waals surface area contributed by atoms with Gasteiger partial charge in [-0.1, -0.05) is 13.0 Å². The molecule has 1 fully saturated rings. The second-order valence-corrected chi connectivity index (χ2v) is 7.26. The molecule has 1 aliphatic carbocycles. The standard InChI is InChI=1S/C20H29NO4/c1-6-14(22)12-20(9-10-21-3)17-13(11-16-19(20,2)25-16)7-8-15(23-4)18(17)24-5/h7-8,16,21H,6,9-12H2,1-5H3/t16?,19?,20-/m1/s1. The molecule has 0 radical (unpaired) electrons. The van der Waals surface area contributed by atoms with Crippen molar-refractivity contribution in [2.75, 3.05) is 27.8 Å². The molecular weight excluding hydrogens is 318 g/mol. The van der Waals surface area contributed by atoms with E-state index in [9.17, 15) is 4.79 Å². The Morgan fingerprint density at radius 3 is 2.72 bits per heavy atom. The molecule has 0 bridgehead atoms. The number of hydrogen-bond acceptors (Lipinski definition) is 5. The van der Waals surface area contributed by atoms with E-state index in [1.165, 1.54) is 5.56 Å². The summed E-state index contributed by atoms with van der Waals surface area (Å²) in [4.78, 5) is 12.6. The van der Waals surface area contributed by atoms with Gasteiger partial charge < -0.3 is 19.5 Å². The van der Waals surface area contributed by atoms with Gasteiger partial charge in [0.2, 0.25) is 0 Å². The summed E-state index contributed by atoms with van der Waals surface area (Å²) in [5.74, 6) is 1.71. The number of Topliss-reactive ketones (excluding diaryl/α,β-unsaturated/α-hetero) is 1. The van der Waals surface area contributed by atoms with Crippen molar-refractivity contribution in [3.05, 3.63) is 23.3 Å². The molecule has 3 atom stereocenters. The average molecular weight is 347 g/mol. The Bertz CT molecular complexity index is 674. The molecule has 0 amide bonds. The van der Waals surface area contributed by atoms with Crippen LogP contribution in [0.3, 0.4) is 0 Å². The topological polar surface area (TPSA) is 60.1 Å². The third kappa shape index (κ3) is 2.64. The number of ether oxygens (including phenoxy) is 3. The molecule has 1 aromatic rings. The molecule has 25 heavy (non-hydrogen) atoms. The van der Waals surface area contributed by atoms with Crippen LogP contribution in [-0.2, 0) is 21.4 Å². The Morgan fingerprint density at radius 2 is 2.12 bits per heavy atom. The summed E-state index contributed by atoms with van der Waals surface area (Å²) in [5, 5.41) is 3.25. The predicted octanol–water partition coefficient (Wildman–Crippen LogP) is 2.63. The Labute approximate surface area is 150 Å². The highest BCUT2D eigenvalue weighted by Gasteiger charge is 2.69. The fourth-order valence-corrected chi connectivity index (χ4v) is 4.55. The van der Waals surface area contributed by atoms with Crippen molar-refractivity contribution in [1.29, 1.82) is 0 Å². The fourth-order valence-electron chi connectivity index (χ4n) is 4.55. The minimum absolute atomic E-state index is 0.166. The molecule has 0 spiro atoms. The predicted molar refractivity (Wildman–Crippen MR) is 96.7 cm³/mol. The van der Waals surface area contributed by atoms with E-state index >= 15 is 0 Å². The quantitative estimate of drug-likeness (QED) is 0.733. The van der Waals surface area contributed by atoms with E-state index in [2.05, 4.69) is 18.3 Å². The molecule has 1 saturated heterocycles. The number of carbonyl (C=O) groups excluding carboxylic acids is 1. The summed E-state index contributed by atoms with van der Waals surface area (Å²) in [5.41, 5.74) is 1.57. The molecule has 0 saturated carbocycles. The third-order valence-electron chi connectivity index (χ3n) is 6.11. The molecule has 1 aromatic carbocycles. The van der Waals surface area contributed by atoms with E-state index in [1.54, 1.807) is 14.2 Å². The van der Waals surface area contributed by atoms with Crippen molar-refractivity contribution in [3.63, 3.8) is 0 Å². The zero-order chi connectivity index (χ0) is 18.2. The first kappa shape index (κ1) is 18.2. The molecule has 3 rings (SSSR count). The van der Waals surface area contributed by atoms with Crippen molar-refractivity contribution >= 4 is 5.78 Å². The number of benzene rings is 1. The zero-order valence-corrected chi connectivity index (χ0v) is 15.9.